The van der Waals surface area contributed by atoms with Gasteiger partial charge in [-0.15, -0.1) is 0 Å². The van der Waals surface area contributed by atoms with Gasteiger partial charge in [0.05, 0.1) is 19.9 Å². The normalized spacial score (nSPS) is 11.5. The third-order valence-electron chi connectivity index (χ3n) is 5.26. The number of hydrogen-bond donors (Lipinski definition) is 1. The first-order valence-corrected chi connectivity index (χ1v) is 10.2. The molecule has 0 saturated carbocycles. The first-order valence-electron chi connectivity index (χ1n) is 10.2. The van der Waals surface area contributed by atoms with Gasteiger partial charge in [0.2, 0.25) is 0 Å². The summed E-state index contributed by atoms with van der Waals surface area (Å²) in [6, 6.07) is 12.2. The van der Waals surface area contributed by atoms with Crippen molar-refractivity contribution < 1.29 is 27.4 Å². The molecular formula is C24H21F3N4O3. The van der Waals surface area contributed by atoms with Crippen molar-refractivity contribution in [3.8, 4) is 22.8 Å². The minimum Gasteiger partial charge on any atom is -0.493 e. The Balaban J connectivity index is 1.79. The Morgan fingerprint density at radius 3 is 2.35 bits per heavy atom. The topological polar surface area (TPSA) is 77.8 Å². The predicted molar refractivity (Wildman–Crippen MR) is 120 cm³/mol. The van der Waals surface area contributed by atoms with Gasteiger partial charge < -0.3 is 14.8 Å². The number of nitrogens with one attached hydrogen (secondary N) is 1. The number of rotatable bonds is 5. The van der Waals surface area contributed by atoms with Crippen molar-refractivity contribution in [2.45, 2.75) is 20.0 Å². The molecule has 0 bridgehead atoms. The molecule has 0 aliphatic heterocycles. The van der Waals surface area contributed by atoms with Gasteiger partial charge in [0.1, 0.15) is 0 Å². The number of anilines is 1. The van der Waals surface area contributed by atoms with Gasteiger partial charge in [0, 0.05) is 17.3 Å². The molecule has 1 N–H and O–H groups in total. The zero-order valence-corrected chi connectivity index (χ0v) is 18.8. The molecule has 0 aliphatic rings. The number of halogens is 3. The number of aromatic nitrogens is 3. The fraction of sp³-hybridized carbons (Fsp3) is 0.208. The predicted octanol–water partition coefficient (Wildman–Crippen LogP) is 5.30. The fourth-order valence-corrected chi connectivity index (χ4v) is 3.57. The summed E-state index contributed by atoms with van der Waals surface area (Å²) in [5, 5.41) is 6.59. The third-order valence-corrected chi connectivity index (χ3v) is 5.26. The van der Waals surface area contributed by atoms with Crippen LogP contribution in [0.25, 0.3) is 16.9 Å². The molecule has 0 spiro atoms. The van der Waals surface area contributed by atoms with Crippen LogP contribution in [0.15, 0.2) is 48.5 Å². The monoisotopic (exact) mass is 470 g/mol. The average Bonchev–Trinajstić information content (AvgIpc) is 3.23. The summed E-state index contributed by atoms with van der Waals surface area (Å²) in [4.78, 5) is 17.1. The van der Waals surface area contributed by atoms with Crippen LogP contribution in [-0.4, -0.2) is 34.7 Å². The highest BCUT2D eigenvalue weighted by Gasteiger charge is 2.35. The number of carbonyl (C=O) groups excluding carboxylic acids is 1. The number of ether oxygens (including phenoxy) is 2. The molecule has 2 aromatic heterocycles. The van der Waals surface area contributed by atoms with E-state index >= 15 is 0 Å². The van der Waals surface area contributed by atoms with Crippen molar-refractivity contribution in [2.24, 2.45) is 0 Å². The van der Waals surface area contributed by atoms with Crippen LogP contribution in [0.3, 0.4) is 0 Å². The van der Waals surface area contributed by atoms with E-state index in [9.17, 15) is 18.0 Å². The highest BCUT2D eigenvalue weighted by Crippen LogP contribution is 2.35. The van der Waals surface area contributed by atoms with E-state index in [-0.39, 0.29) is 17.0 Å². The Morgan fingerprint density at radius 2 is 1.71 bits per heavy atom. The van der Waals surface area contributed by atoms with Crippen LogP contribution in [0, 0.1) is 13.8 Å². The minimum absolute atomic E-state index is 0.0435. The maximum absolute atomic E-state index is 13.9. The lowest BCUT2D eigenvalue weighted by Gasteiger charge is -2.12. The van der Waals surface area contributed by atoms with E-state index in [1.54, 1.807) is 18.2 Å². The lowest BCUT2D eigenvalue weighted by atomic mass is 10.1. The van der Waals surface area contributed by atoms with Crippen molar-refractivity contribution in [3.05, 3.63) is 71.0 Å². The fourth-order valence-electron chi connectivity index (χ4n) is 3.57. The summed E-state index contributed by atoms with van der Waals surface area (Å²) < 4.78 is 52.7. The Bertz CT molecular complexity index is 1400. The summed E-state index contributed by atoms with van der Waals surface area (Å²) in [5.41, 5.74) is 1.44. The molecule has 0 fully saturated rings. The van der Waals surface area contributed by atoms with Gasteiger partial charge in [-0.2, -0.15) is 18.3 Å². The smallest absolute Gasteiger partial charge is 0.433 e. The highest BCUT2D eigenvalue weighted by molar-refractivity contribution is 6.04. The van der Waals surface area contributed by atoms with E-state index in [0.29, 0.717) is 27.3 Å². The molecule has 2 aromatic carbocycles. The van der Waals surface area contributed by atoms with Gasteiger partial charge in [-0.1, -0.05) is 17.7 Å². The van der Waals surface area contributed by atoms with Crippen LogP contribution in [0.1, 0.15) is 27.3 Å². The number of benzene rings is 2. The third kappa shape index (κ3) is 4.39. The summed E-state index contributed by atoms with van der Waals surface area (Å²) >= 11 is 0. The van der Waals surface area contributed by atoms with Gasteiger partial charge in [-0.05, 0) is 49.7 Å². The molecule has 0 aliphatic carbocycles. The summed E-state index contributed by atoms with van der Waals surface area (Å²) in [7, 11) is 2.89. The molecular weight excluding hydrogens is 449 g/mol. The minimum atomic E-state index is -4.74. The Morgan fingerprint density at radius 1 is 0.971 bits per heavy atom. The lowest BCUT2D eigenvalue weighted by Crippen LogP contribution is -2.16. The molecule has 1 amide bonds. The molecule has 34 heavy (non-hydrogen) atoms. The van der Waals surface area contributed by atoms with E-state index in [1.165, 1.54) is 26.4 Å². The first kappa shape index (κ1) is 23.1. The summed E-state index contributed by atoms with van der Waals surface area (Å²) in [6.45, 7) is 3.74. The number of aryl methyl sites for hydroxylation is 2. The number of amides is 1. The average molecular weight is 470 g/mol. The van der Waals surface area contributed by atoms with E-state index in [4.69, 9.17) is 9.47 Å². The number of alkyl halides is 3. The lowest BCUT2D eigenvalue weighted by molar-refractivity contribution is -0.142. The van der Waals surface area contributed by atoms with Crippen molar-refractivity contribution in [3.63, 3.8) is 0 Å². The molecule has 0 saturated heterocycles. The van der Waals surface area contributed by atoms with Gasteiger partial charge in [0.25, 0.3) is 5.91 Å². The van der Waals surface area contributed by atoms with Gasteiger partial charge in [-0.3, -0.25) is 4.79 Å². The second-order valence-electron chi connectivity index (χ2n) is 7.67. The number of fused-ring (bicyclic) bond motifs is 1. The molecule has 176 valence electrons. The van der Waals surface area contributed by atoms with Gasteiger partial charge in [0.15, 0.2) is 28.5 Å². The second kappa shape index (κ2) is 8.69. The van der Waals surface area contributed by atoms with Crippen LogP contribution in [-0.2, 0) is 6.18 Å². The van der Waals surface area contributed by atoms with E-state index in [0.717, 1.165) is 17.2 Å². The molecule has 2 heterocycles. The molecule has 4 rings (SSSR count). The van der Waals surface area contributed by atoms with Crippen LogP contribution in [0.5, 0.6) is 11.5 Å². The standard InChI is InChI=1S/C24H21F3N4O3/c1-13-5-7-16(14(2)9-13)29-23(32)18-12-22-28-17(11-21(24(25,26)27)31(22)30-18)15-6-8-19(33-3)20(10-15)34-4/h5-12H,1-4H3,(H,29,32). The number of nitrogens with zero attached hydrogens (tertiary/aromatic N) is 3. The molecule has 10 heteroatoms. The molecule has 0 atom stereocenters. The maximum atomic E-state index is 13.9. The molecule has 7 nitrogen and oxygen atoms in total. The van der Waals surface area contributed by atoms with Crippen LogP contribution < -0.4 is 14.8 Å². The highest BCUT2D eigenvalue weighted by atomic mass is 19.4. The Hall–Kier alpha value is -4.08. The van der Waals surface area contributed by atoms with E-state index in [1.807, 2.05) is 26.0 Å². The van der Waals surface area contributed by atoms with Crippen molar-refractivity contribution in [1.29, 1.82) is 0 Å². The first-order chi connectivity index (χ1) is 16.1. The number of carbonyl (C=O) groups is 1. The van der Waals surface area contributed by atoms with Crippen LogP contribution in [0.2, 0.25) is 0 Å². The van der Waals surface area contributed by atoms with Crippen LogP contribution >= 0.6 is 0 Å². The van der Waals surface area contributed by atoms with Crippen molar-refractivity contribution in [1.82, 2.24) is 14.6 Å². The number of methoxy groups -OCH3 is 2. The SMILES string of the molecule is COc1ccc(-c2cc(C(F)(F)F)n3nc(C(=O)Nc4ccc(C)cc4C)cc3n2)cc1OC. The zero-order valence-electron chi connectivity index (χ0n) is 18.8. The van der Waals surface area contributed by atoms with E-state index in [2.05, 4.69) is 15.4 Å². The summed E-state index contributed by atoms with van der Waals surface area (Å²) in [5.74, 6) is 0.133. The van der Waals surface area contributed by atoms with E-state index < -0.39 is 17.8 Å². The zero-order chi connectivity index (χ0) is 24.6. The molecule has 0 unspecified atom stereocenters. The second-order valence-corrected chi connectivity index (χ2v) is 7.67. The van der Waals surface area contributed by atoms with Gasteiger partial charge in [-0.25, -0.2) is 9.50 Å². The Kier molecular flexibility index (Phi) is 5.90. The Labute approximate surface area is 193 Å². The quantitative estimate of drug-likeness (QED) is 0.428. The number of hydrogen-bond acceptors (Lipinski definition) is 5. The van der Waals surface area contributed by atoms with Crippen LogP contribution in [0.4, 0.5) is 18.9 Å². The largest absolute Gasteiger partial charge is 0.493 e. The summed E-state index contributed by atoms with van der Waals surface area (Å²) in [6.07, 6.45) is -4.74. The molecule has 0 radical (unpaired) electrons. The van der Waals surface area contributed by atoms with Crippen molar-refractivity contribution >= 4 is 17.2 Å². The maximum Gasteiger partial charge on any atom is 0.433 e. The van der Waals surface area contributed by atoms with Gasteiger partial charge >= 0.3 is 6.18 Å². The molecule has 4 aromatic rings. The van der Waals surface area contributed by atoms with Crippen molar-refractivity contribution in [2.75, 3.05) is 19.5 Å².